The van der Waals surface area contributed by atoms with Crippen molar-refractivity contribution in [3.05, 3.63) is 77.9 Å². The Kier molecular flexibility index (Phi) is 6.51. The molecule has 0 amide bonds. The smallest absolute Gasteiger partial charge is 0.193 e. The molecule has 184 valence electrons. The van der Waals surface area contributed by atoms with Gasteiger partial charge >= 0.3 is 0 Å². The zero-order valence-electron chi connectivity index (χ0n) is 19.7. The van der Waals surface area contributed by atoms with Crippen molar-refractivity contribution in [3.63, 3.8) is 0 Å². The van der Waals surface area contributed by atoms with Crippen molar-refractivity contribution in [2.75, 3.05) is 20.1 Å². The highest BCUT2D eigenvalue weighted by molar-refractivity contribution is 7.26. The highest BCUT2D eigenvalue weighted by atomic mass is 35.5. The van der Waals surface area contributed by atoms with E-state index in [4.69, 9.17) is 4.74 Å². The number of ketones is 1. The van der Waals surface area contributed by atoms with Crippen molar-refractivity contribution in [3.8, 4) is 17.2 Å². The predicted molar refractivity (Wildman–Crippen MR) is 148 cm³/mol. The highest BCUT2D eigenvalue weighted by Gasteiger charge is 2.20. The topological polar surface area (TPSA) is 70.0 Å². The number of phenols is 2. The van der Waals surface area contributed by atoms with Crippen LogP contribution in [0.25, 0.3) is 30.9 Å². The van der Waals surface area contributed by atoms with E-state index in [1.54, 1.807) is 35.6 Å². The first-order valence-corrected chi connectivity index (χ1v) is 12.6. The number of piperidine rings is 1. The minimum atomic E-state index is -0.103. The third-order valence-electron chi connectivity index (χ3n) is 6.87. The molecular formula is C29H26ClNO4S. The molecule has 2 N–H and O–H groups in total. The maximum absolute atomic E-state index is 13.7. The van der Waals surface area contributed by atoms with E-state index in [-0.39, 0.29) is 35.8 Å². The highest BCUT2D eigenvalue weighted by Crippen LogP contribution is 2.42. The number of rotatable bonds is 4. The van der Waals surface area contributed by atoms with Gasteiger partial charge in [-0.25, -0.2) is 0 Å². The number of nitrogens with zero attached hydrogens (tertiary/aromatic N) is 1. The maximum atomic E-state index is 13.7. The molecule has 7 heteroatoms. The number of hydrogen-bond donors (Lipinski definition) is 2. The number of aromatic hydroxyl groups is 2. The van der Waals surface area contributed by atoms with Crippen molar-refractivity contribution in [2.24, 2.45) is 0 Å². The Morgan fingerprint density at radius 2 is 1.53 bits per heavy atom. The molecule has 1 aromatic heterocycles. The molecule has 4 aromatic carbocycles. The van der Waals surface area contributed by atoms with Crippen molar-refractivity contribution in [2.45, 2.75) is 18.9 Å². The van der Waals surface area contributed by atoms with E-state index in [2.05, 4.69) is 11.9 Å². The molecule has 1 fully saturated rings. The standard InChI is InChI=1S/C29H25NO4S.ClH/c1-30-12-10-21(11-13-30)34-20-6-2-17(3-7-20)29(33)25-16-27-28(22-8-4-18(31)14-24(22)25)23-9-5-19(32)15-26(23)35-27;/h2-9,14-16,21,31-32H,10-13H2,1H3;1H. The normalized spacial score (nSPS) is 14.8. The van der Waals surface area contributed by atoms with Gasteiger partial charge in [-0.15, -0.1) is 23.7 Å². The third-order valence-corrected chi connectivity index (χ3v) is 7.97. The molecule has 1 aliphatic rings. The van der Waals surface area contributed by atoms with Crippen LogP contribution in [0.4, 0.5) is 0 Å². The lowest BCUT2D eigenvalue weighted by atomic mass is 9.94. The van der Waals surface area contributed by atoms with Crippen molar-refractivity contribution in [1.29, 1.82) is 0 Å². The van der Waals surface area contributed by atoms with Gasteiger partial charge in [-0.1, -0.05) is 6.07 Å². The van der Waals surface area contributed by atoms with Crippen LogP contribution in [0.2, 0.25) is 0 Å². The summed E-state index contributed by atoms with van der Waals surface area (Å²) in [5.74, 6) is 1.00. The molecule has 36 heavy (non-hydrogen) atoms. The van der Waals surface area contributed by atoms with Crippen molar-refractivity contribution < 1.29 is 19.7 Å². The molecule has 5 aromatic rings. The summed E-state index contributed by atoms with van der Waals surface area (Å²) in [5, 5.41) is 23.8. The second kappa shape index (κ2) is 9.62. The van der Waals surface area contributed by atoms with Gasteiger partial charge in [0.05, 0.1) is 0 Å². The zero-order valence-corrected chi connectivity index (χ0v) is 21.4. The van der Waals surface area contributed by atoms with Crippen LogP contribution in [0.5, 0.6) is 17.2 Å². The summed E-state index contributed by atoms with van der Waals surface area (Å²) in [6, 6.07) is 19.8. The number of benzene rings is 4. The predicted octanol–water partition coefficient (Wildman–Crippen LogP) is 6.74. The number of ether oxygens (including phenoxy) is 1. The van der Waals surface area contributed by atoms with E-state index < -0.39 is 0 Å². The molecule has 0 saturated carbocycles. The lowest BCUT2D eigenvalue weighted by Gasteiger charge is -2.29. The molecule has 0 bridgehead atoms. The number of likely N-dealkylation sites (tertiary alicyclic amines) is 1. The number of halogens is 1. The number of hydrogen-bond acceptors (Lipinski definition) is 6. The molecule has 0 aliphatic carbocycles. The van der Waals surface area contributed by atoms with Crippen molar-refractivity contribution >= 4 is 60.5 Å². The van der Waals surface area contributed by atoms with Crippen LogP contribution in [-0.2, 0) is 0 Å². The number of fused-ring (bicyclic) bond motifs is 5. The Morgan fingerprint density at radius 3 is 2.25 bits per heavy atom. The molecule has 0 unspecified atom stereocenters. The summed E-state index contributed by atoms with van der Waals surface area (Å²) in [7, 11) is 2.13. The van der Waals surface area contributed by atoms with Crippen LogP contribution in [-0.4, -0.2) is 47.1 Å². The van der Waals surface area contributed by atoms with E-state index in [1.807, 2.05) is 42.5 Å². The molecule has 1 saturated heterocycles. The van der Waals surface area contributed by atoms with Crippen LogP contribution in [0.3, 0.4) is 0 Å². The molecule has 0 radical (unpaired) electrons. The first-order valence-electron chi connectivity index (χ1n) is 11.8. The monoisotopic (exact) mass is 519 g/mol. The SMILES string of the molecule is CN1CCC(Oc2ccc(C(=O)c3cc4sc5cc(O)ccc5c4c4ccc(O)cc34)cc2)CC1.Cl. The van der Waals surface area contributed by atoms with Gasteiger partial charge in [-0.2, -0.15) is 0 Å². The Balaban J connectivity index is 0.00000267. The average molecular weight is 520 g/mol. The van der Waals surface area contributed by atoms with Gasteiger partial charge in [-0.3, -0.25) is 4.79 Å². The second-order valence-electron chi connectivity index (χ2n) is 9.28. The number of thiophene rings is 1. The summed E-state index contributed by atoms with van der Waals surface area (Å²) in [6.07, 6.45) is 2.20. The van der Waals surface area contributed by atoms with E-state index in [9.17, 15) is 15.0 Å². The molecule has 1 aliphatic heterocycles. The molecule has 6 rings (SSSR count). The summed E-state index contributed by atoms with van der Waals surface area (Å²) >= 11 is 1.55. The van der Waals surface area contributed by atoms with Gasteiger partial charge in [0.15, 0.2) is 5.78 Å². The molecule has 5 nitrogen and oxygen atoms in total. The van der Waals surface area contributed by atoms with E-state index >= 15 is 0 Å². The molecule has 0 atom stereocenters. The summed E-state index contributed by atoms with van der Waals surface area (Å²) in [5.41, 5.74) is 1.12. The molecule has 0 spiro atoms. The van der Waals surface area contributed by atoms with Gasteiger partial charge in [0, 0.05) is 44.4 Å². The summed E-state index contributed by atoms with van der Waals surface area (Å²) in [6.45, 7) is 2.06. The lowest BCUT2D eigenvalue weighted by molar-refractivity contribution is 0.104. The molecule has 2 heterocycles. The zero-order chi connectivity index (χ0) is 24.1. The summed E-state index contributed by atoms with van der Waals surface area (Å²) in [4.78, 5) is 16.0. The number of phenolic OH excluding ortho intramolecular Hbond substituents is 2. The minimum Gasteiger partial charge on any atom is -0.508 e. The minimum absolute atomic E-state index is 0. The van der Waals surface area contributed by atoms with Gasteiger partial charge in [0.1, 0.15) is 23.4 Å². The van der Waals surface area contributed by atoms with Crippen LogP contribution in [0.15, 0.2) is 66.7 Å². The Labute approximate surface area is 218 Å². The largest absolute Gasteiger partial charge is 0.508 e. The van der Waals surface area contributed by atoms with Gasteiger partial charge in [0.2, 0.25) is 0 Å². The van der Waals surface area contributed by atoms with Gasteiger partial charge < -0.3 is 19.8 Å². The van der Waals surface area contributed by atoms with Crippen LogP contribution >= 0.6 is 23.7 Å². The Hall–Kier alpha value is -3.32. The van der Waals surface area contributed by atoms with E-state index in [1.165, 1.54) is 0 Å². The Morgan fingerprint density at radius 1 is 0.861 bits per heavy atom. The number of carbonyl (C=O) groups is 1. The van der Waals surface area contributed by atoms with Crippen LogP contribution in [0, 0.1) is 0 Å². The molecular weight excluding hydrogens is 494 g/mol. The average Bonchev–Trinajstić information content (AvgIpc) is 3.22. The fraction of sp³-hybridized carbons (Fsp3) is 0.207. The first-order chi connectivity index (χ1) is 17.0. The third kappa shape index (κ3) is 4.37. The van der Waals surface area contributed by atoms with Crippen molar-refractivity contribution in [1.82, 2.24) is 4.90 Å². The first kappa shape index (κ1) is 24.4. The van der Waals surface area contributed by atoms with Gasteiger partial charge in [0.25, 0.3) is 0 Å². The maximum Gasteiger partial charge on any atom is 0.193 e. The number of carbonyl (C=O) groups excluding carboxylic acids is 1. The lowest BCUT2D eigenvalue weighted by Crippen LogP contribution is -2.35. The second-order valence-corrected chi connectivity index (χ2v) is 10.4. The quantitative estimate of drug-likeness (QED) is 0.257. The van der Waals surface area contributed by atoms with Crippen LogP contribution in [0.1, 0.15) is 28.8 Å². The fourth-order valence-corrected chi connectivity index (χ4v) is 6.18. The van der Waals surface area contributed by atoms with Crippen LogP contribution < -0.4 is 4.74 Å². The van der Waals surface area contributed by atoms with Gasteiger partial charge in [-0.05, 0) is 91.3 Å². The van der Waals surface area contributed by atoms with E-state index in [0.29, 0.717) is 16.5 Å². The fourth-order valence-electron chi connectivity index (χ4n) is 4.99. The summed E-state index contributed by atoms with van der Waals surface area (Å²) < 4.78 is 8.06. The van der Waals surface area contributed by atoms with E-state index in [0.717, 1.165) is 57.2 Å². The Bertz CT molecular complexity index is 1590.